The van der Waals surface area contributed by atoms with Crippen molar-refractivity contribution < 1.29 is 13.2 Å². The molecule has 2 aromatic rings. The highest BCUT2D eigenvalue weighted by Gasteiger charge is 2.23. The van der Waals surface area contributed by atoms with E-state index in [2.05, 4.69) is 28.9 Å². The van der Waals surface area contributed by atoms with E-state index in [4.69, 9.17) is 0 Å². The minimum Gasteiger partial charge on any atom is -0.350 e. The van der Waals surface area contributed by atoms with E-state index in [1.165, 1.54) is 18.3 Å². The van der Waals surface area contributed by atoms with Crippen molar-refractivity contribution in [1.29, 1.82) is 0 Å². The van der Waals surface area contributed by atoms with Crippen LogP contribution in [0.2, 0.25) is 0 Å². The lowest BCUT2D eigenvalue weighted by Crippen LogP contribution is -2.34. The summed E-state index contributed by atoms with van der Waals surface area (Å²) in [6, 6.07) is 7.81. The molecule has 0 aliphatic heterocycles. The lowest BCUT2D eigenvalue weighted by atomic mass is 10.0. The average molecular weight is 375 g/mol. The van der Waals surface area contributed by atoms with Crippen LogP contribution in [0, 0.1) is 12.8 Å². The SMILES string of the molecule is Cc1cncc(NS(=O)(=O)c2ccccc2C(=O)NC(C)CC(C)C)c1. The fourth-order valence-electron chi connectivity index (χ4n) is 2.78. The monoisotopic (exact) mass is 375 g/mol. The lowest BCUT2D eigenvalue weighted by molar-refractivity contribution is 0.0932. The molecule has 1 aromatic carbocycles. The number of rotatable bonds is 7. The molecule has 6 nitrogen and oxygen atoms in total. The third kappa shape index (κ3) is 5.29. The smallest absolute Gasteiger partial charge is 0.262 e. The number of benzene rings is 1. The van der Waals surface area contributed by atoms with Crippen molar-refractivity contribution in [3.63, 3.8) is 0 Å². The summed E-state index contributed by atoms with van der Waals surface area (Å²) in [7, 11) is -3.92. The highest BCUT2D eigenvalue weighted by molar-refractivity contribution is 7.92. The number of hydrogen-bond donors (Lipinski definition) is 2. The highest BCUT2D eigenvalue weighted by atomic mass is 32.2. The number of pyridine rings is 1. The molecule has 0 aliphatic carbocycles. The van der Waals surface area contributed by atoms with Crippen molar-refractivity contribution in [3.8, 4) is 0 Å². The molecule has 0 bridgehead atoms. The molecular formula is C19H25N3O3S. The second-order valence-corrected chi connectivity index (χ2v) is 8.51. The Kier molecular flexibility index (Phi) is 6.37. The summed E-state index contributed by atoms with van der Waals surface area (Å²) in [5.41, 5.74) is 1.31. The van der Waals surface area contributed by atoms with Crippen LogP contribution in [0.3, 0.4) is 0 Å². The molecule has 0 spiro atoms. The number of carbonyl (C=O) groups is 1. The minimum absolute atomic E-state index is 0.0489. The predicted octanol–water partition coefficient (Wildman–Crippen LogP) is 3.36. The molecule has 0 fully saturated rings. The highest BCUT2D eigenvalue weighted by Crippen LogP contribution is 2.20. The average Bonchev–Trinajstić information content (AvgIpc) is 2.53. The van der Waals surface area contributed by atoms with Crippen LogP contribution in [0.5, 0.6) is 0 Å². The van der Waals surface area contributed by atoms with E-state index in [0.717, 1.165) is 12.0 Å². The van der Waals surface area contributed by atoms with Crippen molar-refractivity contribution in [2.75, 3.05) is 4.72 Å². The van der Waals surface area contributed by atoms with Gasteiger partial charge in [0, 0.05) is 12.2 Å². The van der Waals surface area contributed by atoms with E-state index in [-0.39, 0.29) is 16.5 Å². The number of aromatic nitrogens is 1. The fraction of sp³-hybridized carbons (Fsp3) is 0.368. The first-order chi connectivity index (χ1) is 12.2. The molecule has 7 heteroatoms. The van der Waals surface area contributed by atoms with Crippen molar-refractivity contribution >= 4 is 21.6 Å². The molecular weight excluding hydrogens is 350 g/mol. The first kappa shape index (κ1) is 19.9. The quantitative estimate of drug-likeness (QED) is 0.777. The maximum atomic E-state index is 12.8. The maximum Gasteiger partial charge on any atom is 0.262 e. The summed E-state index contributed by atoms with van der Waals surface area (Å²) < 4.78 is 28.1. The fourth-order valence-corrected chi connectivity index (χ4v) is 4.02. The summed E-state index contributed by atoms with van der Waals surface area (Å²) in [5, 5.41) is 2.87. The second kappa shape index (κ2) is 8.31. The molecule has 0 radical (unpaired) electrons. The second-order valence-electron chi connectivity index (χ2n) is 6.86. The summed E-state index contributed by atoms with van der Waals surface area (Å²) in [6.45, 7) is 7.87. The Morgan fingerprint density at radius 1 is 1.15 bits per heavy atom. The van der Waals surface area contributed by atoms with Crippen LogP contribution in [-0.2, 0) is 10.0 Å². The van der Waals surface area contributed by atoms with Crippen LogP contribution in [0.1, 0.15) is 43.1 Å². The van der Waals surface area contributed by atoms with Gasteiger partial charge < -0.3 is 5.32 Å². The maximum absolute atomic E-state index is 12.8. The number of anilines is 1. The molecule has 26 heavy (non-hydrogen) atoms. The van der Waals surface area contributed by atoms with Crippen LogP contribution in [0.25, 0.3) is 0 Å². The molecule has 1 heterocycles. The largest absolute Gasteiger partial charge is 0.350 e. The minimum atomic E-state index is -3.92. The van der Waals surface area contributed by atoms with Crippen molar-refractivity contribution in [2.45, 2.75) is 45.1 Å². The third-order valence-electron chi connectivity index (χ3n) is 3.75. The van der Waals surface area contributed by atoms with Gasteiger partial charge in [-0.25, -0.2) is 8.42 Å². The lowest BCUT2D eigenvalue weighted by Gasteiger charge is -2.17. The van der Waals surface area contributed by atoms with Gasteiger partial charge in [-0.1, -0.05) is 26.0 Å². The summed E-state index contributed by atoms with van der Waals surface area (Å²) >= 11 is 0. The standard InChI is InChI=1S/C19H25N3O3S/c1-13(2)9-15(4)21-19(23)17-7-5-6-8-18(17)26(24,25)22-16-10-14(3)11-20-12-16/h5-8,10-13,15,22H,9H2,1-4H3,(H,21,23). The van der Waals surface area contributed by atoms with Crippen LogP contribution in [0.15, 0.2) is 47.6 Å². The molecule has 0 aliphatic rings. The molecule has 2 N–H and O–H groups in total. The van der Waals surface area contributed by atoms with Crippen molar-refractivity contribution in [1.82, 2.24) is 10.3 Å². The molecule has 0 saturated carbocycles. The summed E-state index contributed by atoms with van der Waals surface area (Å²) in [5.74, 6) is 0.0289. The number of aryl methyl sites for hydroxylation is 1. The number of amides is 1. The van der Waals surface area contributed by atoms with Gasteiger partial charge in [0.15, 0.2) is 0 Å². The first-order valence-corrected chi connectivity index (χ1v) is 10.0. The molecule has 1 unspecified atom stereocenters. The van der Waals surface area contributed by atoms with Crippen LogP contribution >= 0.6 is 0 Å². The Morgan fingerprint density at radius 2 is 1.85 bits per heavy atom. The van der Waals surface area contributed by atoms with Gasteiger partial charge in [-0.3, -0.25) is 14.5 Å². The predicted molar refractivity (Wildman–Crippen MR) is 103 cm³/mol. The Bertz CT molecular complexity index is 879. The Hall–Kier alpha value is -2.41. The van der Waals surface area contributed by atoms with Gasteiger partial charge in [0.1, 0.15) is 4.90 Å². The summed E-state index contributed by atoms with van der Waals surface area (Å²) in [4.78, 5) is 16.5. The normalized spacial score (nSPS) is 12.7. The van der Waals surface area contributed by atoms with Gasteiger partial charge in [-0.2, -0.15) is 0 Å². The van der Waals surface area contributed by atoms with E-state index >= 15 is 0 Å². The molecule has 140 valence electrons. The first-order valence-electron chi connectivity index (χ1n) is 8.53. The van der Waals surface area contributed by atoms with E-state index in [1.807, 2.05) is 13.8 Å². The van der Waals surface area contributed by atoms with Crippen LogP contribution < -0.4 is 10.0 Å². The zero-order valence-corrected chi connectivity index (χ0v) is 16.3. The number of sulfonamides is 1. The van der Waals surface area contributed by atoms with Gasteiger partial charge in [0.25, 0.3) is 15.9 Å². The van der Waals surface area contributed by atoms with E-state index in [0.29, 0.717) is 11.6 Å². The molecule has 2 rings (SSSR count). The van der Waals surface area contributed by atoms with Crippen molar-refractivity contribution in [2.24, 2.45) is 5.92 Å². The topological polar surface area (TPSA) is 88.2 Å². The van der Waals surface area contributed by atoms with Gasteiger partial charge in [-0.15, -0.1) is 0 Å². The van der Waals surface area contributed by atoms with Crippen molar-refractivity contribution in [3.05, 3.63) is 53.9 Å². The van der Waals surface area contributed by atoms with E-state index < -0.39 is 15.9 Å². The number of nitrogens with zero attached hydrogens (tertiary/aromatic N) is 1. The Morgan fingerprint density at radius 3 is 2.50 bits per heavy atom. The number of carbonyl (C=O) groups excluding carboxylic acids is 1. The van der Waals surface area contributed by atoms with Gasteiger partial charge >= 0.3 is 0 Å². The van der Waals surface area contributed by atoms with E-state index in [1.54, 1.807) is 24.4 Å². The molecule has 1 aromatic heterocycles. The molecule has 0 saturated heterocycles. The number of hydrogen-bond acceptors (Lipinski definition) is 4. The van der Waals surface area contributed by atoms with Gasteiger partial charge in [0.05, 0.1) is 17.4 Å². The van der Waals surface area contributed by atoms with Gasteiger partial charge in [0.2, 0.25) is 0 Å². The third-order valence-corrected chi connectivity index (χ3v) is 5.19. The Labute approximate surface area is 155 Å². The van der Waals surface area contributed by atoms with Crippen LogP contribution in [-0.4, -0.2) is 25.4 Å². The van der Waals surface area contributed by atoms with E-state index in [9.17, 15) is 13.2 Å². The molecule has 1 atom stereocenters. The zero-order valence-electron chi connectivity index (χ0n) is 15.5. The van der Waals surface area contributed by atoms with Gasteiger partial charge in [-0.05, 0) is 49.9 Å². The summed E-state index contributed by atoms with van der Waals surface area (Å²) in [6.07, 6.45) is 3.88. The zero-order chi connectivity index (χ0) is 19.3. The van der Waals surface area contributed by atoms with Crippen LogP contribution in [0.4, 0.5) is 5.69 Å². The molecule has 1 amide bonds. The number of nitrogens with one attached hydrogen (secondary N) is 2. The Balaban J connectivity index is 2.28.